The summed E-state index contributed by atoms with van der Waals surface area (Å²) >= 11 is 1.40. The summed E-state index contributed by atoms with van der Waals surface area (Å²) in [5.74, 6) is 0.455. The van der Waals surface area contributed by atoms with Gasteiger partial charge >= 0.3 is 0 Å². The Morgan fingerprint density at radius 1 is 1.03 bits per heavy atom. The van der Waals surface area contributed by atoms with Crippen LogP contribution in [0.3, 0.4) is 0 Å². The van der Waals surface area contributed by atoms with Crippen molar-refractivity contribution in [3.8, 4) is 0 Å². The number of benzene rings is 1. The normalized spacial score (nSPS) is 22.9. The number of aromatic nitrogens is 1. The second-order valence-corrected chi connectivity index (χ2v) is 11.6. The molecule has 1 aromatic carbocycles. The van der Waals surface area contributed by atoms with Crippen molar-refractivity contribution in [2.24, 2.45) is 5.92 Å². The van der Waals surface area contributed by atoms with Crippen LogP contribution in [0.4, 0.5) is 11.4 Å². The Kier molecular flexibility index (Phi) is 6.36. The number of anilines is 2. The lowest BCUT2D eigenvalue weighted by Crippen LogP contribution is -2.47. The zero-order valence-electron chi connectivity index (χ0n) is 21.1. The number of piperidine rings is 2. The number of carbonyl (C=O) groups is 2. The molecule has 2 bridgehead atoms. The molecule has 0 aliphatic carbocycles. The molecule has 3 atom stereocenters. The highest BCUT2D eigenvalue weighted by molar-refractivity contribution is 7.12. The summed E-state index contributed by atoms with van der Waals surface area (Å²) in [4.78, 5) is 43.9. The summed E-state index contributed by atoms with van der Waals surface area (Å²) in [5, 5.41) is 5.01. The Hall–Kier alpha value is -3.39. The van der Waals surface area contributed by atoms with Crippen LogP contribution in [-0.2, 0) is 6.54 Å². The summed E-state index contributed by atoms with van der Waals surface area (Å²) in [6.07, 6.45) is 4.25. The minimum atomic E-state index is -0.165. The Bertz CT molecular complexity index is 1380. The Balaban J connectivity index is 1.34. The molecule has 3 aromatic rings. The molecule has 5 heterocycles. The fourth-order valence-corrected chi connectivity index (χ4v) is 6.91. The SMILES string of the molecule is CC1CCCCN1C(=O)c1ccc(N2CC3CC(C2)c2cccc(=O)n2C3)c(NC(=O)c2cccs2)c1. The summed E-state index contributed by atoms with van der Waals surface area (Å²) in [6, 6.07) is 15.2. The van der Waals surface area contributed by atoms with E-state index in [-0.39, 0.29) is 29.3 Å². The summed E-state index contributed by atoms with van der Waals surface area (Å²) in [5.41, 5.74) is 3.35. The van der Waals surface area contributed by atoms with Gasteiger partial charge in [0.1, 0.15) is 0 Å². The van der Waals surface area contributed by atoms with E-state index < -0.39 is 0 Å². The maximum Gasteiger partial charge on any atom is 0.265 e. The van der Waals surface area contributed by atoms with Gasteiger partial charge < -0.3 is 19.7 Å². The summed E-state index contributed by atoms with van der Waals surface area (Å²) in [6.45, 7) is 5.16. The van der Waals surface area contributed by atoms with E-state index in [1.165, 1.54) is 11.3 Å². The molecule has 0 spiro atoms. The molecule has 2 amide bonds. The number of nitrogens with one attached hydrogen (secondary N) is 1. The van der Waals surface area contributed by atoms with Crippen molar-refractivity contribution >= 4 is 34.5 Å². The molecule has 1 N–H and O–H groups in total. The number of likely N-dealkylation sites (tertiary alicyclic amines) is 1. The monoisotopic (exact) mass is 516 g/mol. The van der Waals surface area contributed by atoms with Crippen molar-refractivity contribution in [3.63, 3.8) is 0 Å². The van der Waals surface area contributed by atoms with Gasteiger partial charge in [0.05, 0.1) is 16.3 Å². The highest BCUT2D eigenvalue weighted by Crippen LogP contribution is 2.39. The van der Waals surface area contributed by atoms with Crippen molar-refractivity contribution in [1.82, 2.24) is 9.47 Å². The predicted octanol–water partition coefficient (Wildman–Crippen LogP) is 4.80. The third kappa shape index (κ3) is 4.59. The third-order valence-corrected chi connectivity index (χ3v) is 8.99. The Labute approximate surface area is 220 Å². The van der Waals surface area contributed by atoms with Crippen molar-refractivity contribution in [2.75, 3.05) is 29.9 Å². The van der Waals surface area contributed by atoms with Crippen molar-refractivity contribution in [2.45, 2.75) is 51.1 Å². The zero-order valence-corrected chi connectivity index (χ0v) is 21.9. The van der Waals surface area contributed by atoms with E-state index in [4.69, 9.17) is 0 Å². The van der Waals surface area contributed by atoms with Gasteiger partial charge in [-0.1, -0.05) is 12.1 Å². The molecular weight excluding hydrogens is 484 g/mol. The first kappa shape index (κ1) is 24.0. The van der Waals surface area contributed by atoms with Crippen molar-refractivity contribution < 1.29 is 9.59 Å². The first-order valence-corrected chi connectivity index (χ1v) is 14.1. The summed E-state index contributed by atoms with van der Waals surface area (Å²) in [7, 11) is 0. The van der Waals surface area contributed by atoms with Crippen LogP contribution >= 0.6 is 11.3 Å². The maximum absolute atomic E-state index is 13.5. The van der Waals surface area contributed by atoms with Crippen LogP contribution < -0.4 is 15.8 Å². The first-order chi connectivity index (χ1) is 18.0. The molecule has 192 valence electrons. The van der Waals surface area contributed by atoms with E-state index in [1.54, 1.807) is 6.07 Å². The van der Waals surface area contributed by atoms with Gasteiger partial charge in [-0.25, -0.2) is 0 Å². The lowest BCUT2D eigenvalue weighted by atomic mass is 9.83. The molecule has 2 aromatic heterocycles. The summed E-state index contributed by atoms with van der Waals surface area (Å²) < 4.78 is 1.93. The number of fused-ring (bicyclic) bond motifs is 4. The van der Waals surface area contributed by atoms with Crippen LogP contribution in [0.2, 0.25) is 0 Å². The lowest BCUT2D eigenvalue weighted by molar-refractivity contribution is 0.0635. The fraction of sp³-hybridized carbons (Fsp3) is 0.414. The number of amides is 2. The van der Waals surface area contributed by atoms with Gasteiger partial charge in [-0.15, -0.1) is 11.3 Å². The molecule has 2 fully saturated rings. The van der Waals surface area contributed by atoms with E-state index in [2.05, 4.69) is 23.2 Å². The van der Waals surface area contributed by atoms with Crippen LogP contribution in [0, 0.1) is 5.92 Å². The fourth-order valence-electron chi connectivity index (χ4n) is 6.30. The molecule has 2 saturated heterocycles. The van der Waals surface area contributed by atoms with Gasteiger partial charge in [-0.3, -0.25) is 14.4 Å². The van der Waals surface area contributed by atoms with Crippen LogP contribution in [0.5, 0.6) is 0 Å². The quantitative estimate of drug-likeness (QED) is 0.541. The van der Waals surface area contributed by atoms with Gasteiger partial charge in [-0.05, 0) is 74.2 Å². The molecule has 0 saturated carbocycles. The number of carbonyl (C=O) groups excluding carboxylic acids is 2. The number of hydrogen-bond donors (Lipinski definition) is 1. The van der Waals surface area contributed by atoms with E-state index in [9.17, 15) is 14.4 Å². The minimum Gasteiger partial charge on any atom is -0.369 e. The predicted molar refractivity (Wildman–Crippen MR) is 147 cm³/mol. The smallest absolute Gasteiger partial charge is 0.265 e. The highest BCUT2D eigenvalue weighted by Gasteiger charge is 2.35. The second kappa shape index (κ2) is 9.82. The number of thiophene rings is 1. The molecule has 7 nitrogen and oxygen atoms in total. The minimum absolute atomic E-state index is 0.0224. The molecule has 6 rings (SSSR count). The van der Waals surface area contributed by atoms with Gasteiger partial charge in [0.2, 0.25) is 0 Å². The van der Waals surface area contributed by atoms with Crippen LogP contribution in [0.25, 0.3) is 0 Å². The molecule has 0 radical (unpaired) electrons. The molecule has 37 heavy (non-hydrogen) atoms. The van der Waals surface area contributed by atoms with E-state index in [0.29, 0.717) is 28.6 Å². The lowest BCUT2D eigenvalue weighted by Gasteiger charge is -2.44. The largest absolute Gasteiger partial charge is 0.369 e. The topological polar surface area (TPSA) is 74.7 Å². The van der Waals surface area contributed by atoms with Gasteiger partial charge in [0, 0.05) is 55.5 Å². The molecule has 3 aliphatic heterocycles. The Morgan fingerprint density at radius 3 is 2.73 bits per heavy atom. The highest BCUT2D eigenvalue weighted by atomic mass is 32.1. The average molecular weight is 517 g/mol. The maximum atomic E-state index is 13.5. The number of pyridine rings is 1. The van der Waals surface area contributed by atoms with E-state index in [0.717, 1.165) is 56.7 Å². The van der Waals surface area contributed by atoms with Crippen molar-refractivity contribution in [1.29, 1.82) is 0 Å². The van der Waals surface area contributed by atoms with Crippen LogP contribution in [-0.4, -0.2) is 47.0 Å². The number of hydrogen-bond acceptors (Lipinski definition) is 5. The van der Waals surface area contributed by atoms with E-state index >= 15 is 0 Å². The van der Waals surface area contributed by atoms with Gasteiger partial charge in [-0.2, -0.15) is 0 Å². The average Bonchev–Trinajstić information content (AvgIpc) is 3.45. The number of nitrogens with zero attached hydrogens (tertiary/aromatic N) is 3. The molecular formula is C29H32N4O3S. The molecule has 3 unspecified atom stereocenters. The standard InChI is InChI=1S/C29H32N4O3S/c1-19-6-2-3-12-32(19)29(36)21-10-11-25(23(15-21)30-28(35)26-8-5-13-37-26)31-16-20-14-22(18-31)24-7-4-9-27(34)33(24)17-20/h4-5,7-11,13,15,19-20,22H,2-3,6,12,14,16-18H2,1H3,(H,30,35). The number of rotatable bonds is 4. The van der Waals surface area contributed by atoms with Gasteiger partial charge in [0.25, 0.3) is 17.4 Å². The second-order valence-electron chi connectivity index (χ2n) is 10.6. The van der Waals surface area contributed by atoms with Crippen molar-refractivity contribution in [3.05, 3.63) is 80.4 Å². The zero-order chi connectivity index (χ0) is 25.5. The van der Waals surface area contributed by atoms with E-state index in [1.807, 2.05) is 51.2 Å². The van der Waals surface area contributed by atoms with Crippen LogP contribution in [0.1, 0.15) is 64.2 Å². The Morgan fingerprint density at radius 2 is 1.92 bits per heavy atom. The third-order valence-electron chi connectivity index (χ3n) is 8.12. The first-order valence-electron chi connectivity index (χ1n) is 13.2. The van der Waals surface area contributed by atoms with Gasteiger partial charge in [0.15, 0.2) is 0 Å². The molecule has 8 heteroatoms. The van der Waals surface area contributed by atoms with Crippen LogP contribution in [0.15, 0.2) is 58.7 Å². The molecule has 3 aliphatic rings.